The molecule has 0 aromatic carbocycles. The maximum Gasteiger partial charge on any atom is 0.414 e. The van der Waals surface area contributed by atoms with Gasteiger partial charge in [-0.25, -0.2) is 9.59 Å². The minimum absolute atomic E-state index is 0.646. The molecule has 0 atom stereocenters. The summed E-state index contributed by atoms with van der Waals surface area (Å²) < 4.78 is 0. The van der Waals surface area contributed by atoms with Gasteiger partial charge in [-0.1, -0.05) is 0 Å². The first-order chi connectivity index (χ1) is 5.06. The molecule has 0 saturated carbocycles. The molecule has 6 nitrogen and oxygen atoms in total. The zero-order valence-electron chi connectivity index (χ0n) is 4.91. The van der Waals surface area contributed by atoms with Crippen LogP contribution < -0.4 is 0 Å². The topological polar surface area (TPSA) is 122 Å². The van der Waals surface area contributed by atoms with E-state index in [1.54, 1.807) is 9.94 Å². The number of carboxylic acids is 2. The van der Waals surface area contributed by atoms with Crippen molar-refractivity contribution in [3.8, 4) is 9.94 Å². The van der Waals surface area contributed by atoms with Gasteiger partial charge in [0.15, 0.2) is 0 Å². The number of aliphatic carboxylic acids is 2. The summed E-state index contributed by atoms with van der Waals surface area (Å²) in [6.07, 6.45) is 0. The van der Waals surface area contributed by atoms with Crippen LogP contribution in [-0.4, -0.2) is 22.2 Å². The Hall–Kier alpha value is -1.56. The summed E-state index contributed by atoms with van der Waals surface area (Å²) >= 11 is 0.646. The molecule has 0 rings (SSSR count). The van der Waals surface area contributed by atoms with E-state index in [2.05, 4.69) is 0 Å². The molecule has 0 aliphatic rings. The summed E-state index contributed by atoms with van der Waals surface area (Å²) in [5.41, 5.74) is 0. The molecular weight excluding hydrogens is 204 g/mol. The van der Waals surface area contributed by atoms with E-state index in [0.29, 0.717) is 15.0 Å². The van der Waals surface area contributed by atoms with Gasteiger partial charge in [-0.05, 0) is 0 Å². The number of hydrogen-bond acceptors (Lipinski definition) is 4. The molecule has 0 bridgehead atoms. The van der Waals surface area contributed by atoms with Gasteiger partial charge in [0.2, 0.25) is 0 Å². The maximum atomic E-state index is 9.10. The zero-order valence-corrected chi connectivity index (χ0v) is 5.85. The Morgan fingerprint density at radius 1 is 1.09 bits per heavy atom. The molecule has 0 saturated heterocycles. The zero-order chi connectivity index (χ0) is 9.28. The number of carboxylic acid groups (broad SMARTS) is 2. The molecule has 11 heavy (non-hydrogen) atoms. The first-order valence-electron chi connectivity index (χ1n) is 1.85. The fourth-order valence-electron chi connectivity index (χ4n) is 0.0151. The normalized spacial score (nSPS) is 6.36. The van der Waals surface area contributed by atoms with E-state index >= 15 is 0 Å². The molecule has 0 aliphatic carbocycles. The first kappa shape index (κ1) is 12.1. The van der Waals surface area contributed by atoms with E-state index in [0.717, 1.165) is 0 Å². The minimum atomic E-state index is -1.82. The summed E-state index contributed by atoms with van der Waals surface area (Å²) in [6.45, 7) is 0. The third-order valence-corrected chi connectivity index (χ3v) is 0.461. The van der Waals surface area contributed by atoms with E-state index in [-0.39, 0.29) is 0 Å². The van der Waals surface area contributed by atoms with Crippen molar-refractivity contribution in [2.75, 3.05) is 0 Å². The van der Waals surface area contributed by atoms with Crippen LogP contribution in [0, 0.1) is 20.5 Å². The molecule has 0 unspecified atom stereocenters. The molecule has 0 fully saturated rings. The summed E-state index contributed by atoms with van der Waals surface area (Å²) in [5.74, 6) is -3.65. The van der Waals surface area contributed by atoms with E-state index in [4.69, 9.17) is 30.3 Å². The van der Waals surface area contributed by atoms with Crippen molar-refractivity contribution in [1.29, 1.82) is 10.5 Å². The minimum Gasteiger partial charge on any atom is -0.473 e. The Balaban J connectivity index is 0. The molecule has 63 valence electrons. The van der Waals surface area contributed by atoms with Crippen molar-refractivity contribution in [2.45, 2.75) is 0 Å². The van der Waals surface area contributed by atoms with Crippen molar-refractivity contribution < 1.29 is 34.8 Å². The summed E-state index contributed by atoms with van der Waals surface area (Å²) in [7, 11) is 0. The van der Waals surface area contributed by atoms with Crippen LogP contribution in [0.2, 0.25) is 0 Å². The predicted octanol–water partition coefficient (Wildman–Crippen LogP) is -0.813. The fraction of sp³-hybridized carbons (Fsp3) is 0. The van der Waals surface area contributed by atoms with E-state index < -0.39 is 11.9 Å². The van der Waals surface area contributed by atoms with E-state index in [9.17, 15) is 0 Å². The number of hydrogen-bond donors (Lipinski definition) is 2. The number of nitrogens with zero attached hydrogens (tertiary/aromatic N) is 2. The van der Waals surface area contributed by atoms with Crippen LogP contribution in [0.5, 0.6) is 0 Å². The summed E-state index contributed by atoms with van der Waals surface area (Å²) in [5, 5.41) is 29.9. The molecule has 0 amide bonds. The Bertz CT molecular complexity index is 201. The van der Waals surface area contributed by atoms with Gasteiger partial charge < -0.3 is 10.2 Å². The van der Waals surface area contributed by atoms with Gasteiger partial charge in [0.1, 0.15) is 0 Å². The molecule has 0 aromatic heterocycles. The molecule has 0 aromatic rings. The standard InChI is InChI=1S/C2H2O4.2CN.Cu/c3-1(4)2(5)6;2*1-2;/h(H,3,4)(H,5,6);;;. The van der Waals surface area contributed by atoms with Gasteiger partial charge in [-0.3, -0.25) is 0 Å². The van der Waals surface area contributed by atoms with Crippen LogP contribution in [0.15, 0.2) is 0 Å². The largest absolute Gasteiger partial charge is 0.473 e. The second kappa shape index (κ2) is 8.44. The van der Waals surface area contributed by atoms with Crippen molar-refractivity contribution in [3.05, 3.63) is 0 Å². The molecule has 0 aliphatic heterocycles. The van der Waals surface area contributed by atoms with Crippen molar-refractivity contribution >= 4 is 11.9 Å². The van der Waals surface area contributed by atoms with Crippen LogP contribution >= 0.6 is 0 Å². The van der Waals surface area contributed by atoms with Gasteiger partial charge in [0.05, 0.1) is 0 Å². The SMILES string of the molecule is N#[C][Cu][C]#N.O=C(O)C(=O)O. The number of nitriles is 2. The second-order valence-corrected chi connectivity index (χ2v) is 1.48. The monoisotopic (exact) mass is 205 g/mol. The molecular formula is C4H2CuN2O4. The maximum absolute atomic E-state index is 9.10. The second-order valence-electron chi connectivity index (χ2n) is 0.821. The molecule has 0 spiro atoms. The third-order valence-electron chi connectivity index (χ3n) is 0.250. The van der Waals surface area contributed by atoms with Gasteiger partial charge in [0, 0.05) is 0 Å². The van der Waals surface area contributed by atoms with Gasteiger partial charge in [-0.15, -0.1) is 0 Å². The predicted molar refractivity (Wildman–Crippen MR) is 26.5 cm³/mol. The molecule has 2 N–H and O–H groups in total. The Kier molecular flexibility index (Phi) is 9.32. The average Bonchev–Trinajstić information content (AvgIpc) is 1.90. The average molecular weight is 206 g/mol. The Morgan fingerprint density at radius 3 is 1.36 bits per heavy atom. The fourth-order valence-corrected chi connectivity index (χ4v) is 0.0622. The van der Waals surface area contributed by atoms with E-state index in [1.807, 2.05) is 0 Å². The van der Waals surface area contributed by atoms with Crippen LogP contribution in [-0.2, 0) is 24.5 Å². The van der Waals surface area contributed by atoms with Crippen molar-refractivity contribution in [1.82, 2.24) is 0 Å². The van der Waals surface area contributed by atoms with Crippen LogP contribution in [0.25, 0.3) is 0 Å². The smallest absolute Gasteiger partial charge is 0.414 e. The van der Waals surface area contributed by atoms with Crippen LogP contribution in [0.1, 0.15) is 0 Å². The van der Waals surface area contributed by atoms with Crippen molar-refractivity contribution in [2.24, 2.45) is 0 Å². The summed E-state index contributed by atoms with van der Waals surface area (Å²) in [4.78, 5) is 21.3. The van der Waals surface area contributed by atoms with Gasteiger partial charge >= 0.3 is 47.4 Å². The van der Waals surface area contributed by atoms with Gasteiger partial charge in [0.25, 0.3) is 0 Å². The Labute approximate surface area is 67.8 Å². The van der Waals surface area contributed by atoms with Crippen molar-refractivity contribution in [3.63, 3.8) is 0 Å². The van der Waals surface area contributed by atoms with Gasteiger partial charge in [-0.2, -0.15) is 0 Å². The molecule has 7 heteroatoms. The first-order valence-corrected chi connectivity index (χ1v) is 2.80. The molecule has 0 heterocycles. The number of carbonyl (C=O) groups is 2. The summed E-state index contributed by atoms with van der Waals surface area (Å²) in [6, 6.07) is 0. The van der Waals surface area contributed by atoms with E-state index in [1.165, 1.54) is 0 Å². The number of rotatable bonds is 0. The van der Waals surface area contributed by atoms with Crippen LogP contribution in [0.4, 0.5) is 0 Å². The Morgan fingerprint density at radius 2 is 1.36 bits per heavy atom. The molecule has 0 radical (unpaired) electrons. The third kappa shape index (κ3) is 17.8. The quantitative estimate of drug-likeness (QED) is 0.394. The van der Waals surface area contributed by atoms with Crippen LogP contribution in [0.3, 0.4) is 0 Å².